The Labute approximate surface area is 103 Å². The molecule has 0 heterocycles. The summed E-state index contributed by atoms with van der Waals surface area (Å²) in [4.78, 5) is 10.6. The Kier molecular flexibility index (Phi) is 4.39. The Balaban J connectivity index is 3.10. The maximum Gasteiger partial charge on any atom is 0.344 e. The van der Waals surface area contributed by atoms with Gasteiger partial charge >= 0.3 is 5.97 Å². The van der Waals surface area contributed by atoms with Crippen molar-refractivity contribution in [1.82, 2.24) is 0 Å². The van der Waals surface area contributed by atoms with Gasteiger partial charge in [-0.3, -0.25) is 0 Å². The third kappa shape index (κ3) is 3.13. The molecule has 92 valence electrons. The third-order valence-corrected chi connectivity index (χ3v) is 2.34. The Morgan fingerprint density at radius 2 is 2.29 bits per heavy atom. The van der Waals surface area contributed by atoms with Crippen LogP contribution in [0.2, 0.25) is 0 Å². The molecule has 1 atom stereocenters. The average Bonchev–Trinajstić information content (AvgIpc) is 2.24. The van der Waals surface area contributed by atoms with Crippen molar-refractivity contribution in [3.63, 3.8) is 0 Å². The zero-order valence-corrected chi connectivity index (χ0v) is 9.96. The van der Waals surface area contributed by atoms with E-state index in [0.29, 0.717) is 0 Å². The minimum Gasteiger partial charge on any atom is -0.479 e. The highest BCUT2D eigenvalue weighted by Gasteiger charge is 2.20. The fourth-order valence-electron chi connectivity index (χ4n) is 1.30. The molecule has 17 heavy (non-hydrogen) atoms. The van der Waals surface area contributed by atoms with Gasteiger partial charge < -0.3 is 15.6 Å². The standard InChI is InChI=1S/C11H12FNO3S/c1-2-7(11(14)15)16-8-5-3-4-6(12)9(8)10(13)17/h3-5,7H,2H2,1H3,(H2,13,17)(H,14,15). The largest absolute Gasteiger partial charge is 0.479 e. The van der Waals surface area contributed by atoms with Gasteiger partial charge in [-0.25, -0.2) is 9.18 Å². The van der Waals surface area contributed by atoms with Crippen molar-refractivity contribution >= 4 is 23.2 Å². The van der Waals surface area contributed by atoms with E-state index in [1.807, 2.05) is 0 Å². The van der Waals surface area contributed by atoms with Crippen molar-refractivity contribution in [2.45, 2.75) is 19.4 Å². The molecule has 0 fully saturated rings. The molecule has 3 N–H and O–H groups in total. The zero-order chi connectivity index (χ0) is 13.0. The molecule has 0 saturated heterocycles. The number of benzene rings is 1. The van der Waals surface area contributed by atoms with E-state index < -0.39 is 17.9 Å². The van der Waals surface area contributed by atoms with Crippen LogP contribution in [0.1, 0.15) is 18.9 Å². The highest BCUT2D eigenvalue weighted by molar-refractivity contribution is 7.80. The molecule has 0 saturated carbocycles. The van der Waals surface area contributed by atoms with Crippen LogP contribution in [0.4, 0.5) is 4.39 Å². The SMILES string of the molecule is CCC(Oc1cccc(F)c1C(N)=S)C(=O)O. The van der Waals surface area contributed by atoms with E-state index >= 15 is 0 Å². The molecular weight excluding hydrogens is 245 g/mol. The molecule has 1 aromatic rings. The molecule has 1 rings (SSSR count). The molecule has 0 radical (unpaired) electrons. The van der Waals surface area contributed by atoms with E-state index in [2.05, 4.69) is 0 Å². The lowest BCUT2D eigenvalue weighted by Gasteiger charge is -2.16. The van der Waals surface area contributed by atoms with E-state index in [4.69, 9.17) is 27.8 Å². The van der Waals surface area contributed by atoms with Gasteiger partial charge in [0.15, 0.2) is 6.10 Å². The lowest BCUT2D eigenvalue weighted by Crippen LogP contribution is -2.27. The predicted molar refractivity (Wildman–Crippen MR) is 64.6 cm³/mol. The molecule has 6 heteroatoms. The Hall–Kier alpha value is -1.69. The van der Waals surface area contributed by atoms with E-state index in [0.717, 1.165) is 0 Å². The summed E-state index contributed by atoms with van der Waals surface area (Å²) in [7, 11) is 0. The molecular formula is C11H12FNO3S. The number of thiocarbonyl (C=S) groups is 1. The van der Waals surface area contributed by atoms with Crippen molar-refractivity contribution in [3.8, 4) is 5.75 Å². The summed E-state index contributed by atoms with van der Waals surface area (Å²) in [6.07, 6.45) is -0.798. The number of ether oxygens (including phenoxy) is 1. The fraction of sp³-hybridized carbons (Fsp3) is 0.273. The number of carboxylic acid groups (broad SMARTS) is 1. The van der Waals surface area contributed by atoms with Crippen LogP contribution >= 0.6 is 12.2 Å². The van der Waals surface area contributed by atoms with Crippen molar-refractivity contribution < 1.29 is 19.0 Å². The smallest absolute Gasteiger partial charge is 0.344 e. The number of halogens is 1. The lowest BCUT2D eigenvalue weighted by molar-refractivity contribution is -0.145. The first-order valence-electron chi connectivity index (χ1n) is 4.95. The quantitative estimate of drug-likeness (QED) is 0.785. The molecule has 0 spiro atoms. The molecule has 4 nitrogen and oxygen atoms in total. The summed E-state index contributed by atoms with van der Waals surface area (Å²) in [5, 5.41) is 8.85. The summed E-state index contributed by atoms with van der Waals surface area (Å²) in [5.41, 5.74) is 5.31. The second-order valence-corrected chi connectivity index (χ2v) is 3.77. The van der Waals surface area contributed by atoms with Gasteiger partial charge in [-0.05, 0) is 18.6 Å². The number of carbonyl (C=O) groups is 1. The normalized spacial score (nSPS) is 11.9. The average molecular weight is 257 g/mol. The summed E-state index contributed by atoms with van der Waals surface area (Å²) < 4.78 is 18.7. The number of aliphatic carboxylic acids is 1. The topological polar surface area (TPSA) is 72.5 Å². The number of nitrogens with two attached hydrogens (primary N) is 1. The second-order valence-electron chi connectivity index (χ2n) is 3.33. The van der Waals surface area contributed by atoms with Crippen LogP contribution in [0.5, 0.6) is 5.75 Å². The summed E-state index contributed by atoms with van der Waals surface area (Å²) in [6.45, 7) is 1.65. The number of carboxylic acids is 1. The highest BCUT2D eigenvalue weighted by atomic mass is 32.1. The van der Waals surface area contributed by atoms with Gasteiger partial charge in [0.1, 0.15) is 16.6 Å². The molecule has 0 aliphatic rings. The highest BCUT2D eigenvalue weighted by Crippen LogP contribution is 2.23. The van der Waals surface area contributed by atoms with Crippen molar-refractivity contribution in [2.75, 3.05) is 0 Å². The summed E-state index contributed by atoms with van der Waals surface area (Å²) >= 11 is 4.70. The van der Waals surface area contributed by atoms with Crippen LogP contribution < -0.4 is 10.5 Å². The van der Waals surface area contributed by atoms with Crippen LogP contribution in [0.3, 0.4) is 0 Å². The monoisotopic (exact) mass is 257 g/mol. The van der Waals surface area contributed by atoms with Crippen LogP contribution in [-0.4, -0.2) is 22.2 Å². The van der Waals surface area contributed by atoms with Crippen LogP contribution in [-0.2, 0) is 4.79 Å². The first-order chi connectivity index (χ1) is 7.97. The Bertz CT molecular complexity index is 450. The van der Waals surface area contributed by atoms with Gasteiger partial charge in [0.05, 0.1) is 5.56 Å². The van der Waals surface area contributed by atoms with Crippen molar-refractivity contribution in [1.29, 1.82) is 0 Å². The lowest BCUT2D eigenvalue weighted by atomic mass is 10.2. The molecule has 0 bridgehead atoms. The maximum atomic E-state index is 13.5. The van der Waals surface area contributed by atoms with E-state index in [1.54, 1.807) is 6.92 Å². The third-order valence-electron chi connectivity index (χ3n) is 2.14. The minimum absolute atomic E-state index is 0.0479. The fourth-order valence-corrected chi connectivity index (χ4v) is 1.50. The Morgan fingerprint density at radius 3 is 2.76 bits per heavy atom. The molecule has 0 amide bonds. The number of hydrogen-bond acceptors (Lipinski definition) is 3. The summed E-state index contributed by atoms with van der Waals surface area (Å²) in [5.74, 6) is -1.70. The van der Waals surface area contributed by atoms with Gasteiger partial charge in [-0.2, -0.15) is 0 Å². The first-order valence-corrected chi connectivity index (χ1v) is 5.36. The van der Waals surface area contributed by atoms with E-state index in [9.17, 15) is 9.18 Å². The van der Waals surface area contributed by atoms with E-state index in [-0.39, 0.29) is 22.7 Å². The Morgan fingerprint density at radius 1 is 1.65 bits per heavy atom. The number of hydrogen-bond donors (Lipinski definition) is 2. The molecule has 1 unspecified atom stereocenters. The molecule has 0 aliphatic heterocycles. The maximum absolute atomic E-state index is 13.5. The van der Waals surface area contributed by atoms with Gasteiger partial charge in [0.2, 0.25) is 0 Å². The number of rotatable bonds is 5. The molecule has 0 aliphatic carbocycles. The van der Waals surface area contributed by atoms with Crippen LogP contribution in [0, 0.1) is 5.82 Å². The minimum atomic E-state index is -1.12. The zero-order valence-electron chi connectivity index (χ0n) is 9.14. The van der Waals surface area contributed by atoms with Gasteiger partial charge in [0, 0.05) is 0 Å². The predicted octanol–water partition coefficient (Wildman–Crippen LogP) is 1.70. The van der Waals surface area contributed by atoms with Gasteiger partial charge in [0.25, 0.3) is 0 Å². The first kappa shape index (κ1) is 13.4. The summed E-state index contributed by atoms with van der Waals surface area (Å²) in [6, 6.07) is 4.02. The molecule has 1 aromatic carbocycles. The molecule has 0 aromatic heterocycles. The van der Waals surface area contributed by atoms with Crippen molar-refractivity contribution in [3.05, 3.63) is 29.6 Å². The van der Waals surface area contributed by atoms with Gasteiger partial charge in [-0.1, -0.05) is 25.2 Å². The van der Waals surface area contributed by atoms with Crippen LogP contribution in [0.25, 0.3) is 0 Å². The van der Waals surface area contributed by atoms with Gasteiger partial charge in [-0.15, -0.1) is 0 Å². The van der Waals surface area contributed by atoms with E-state index in [1.165, 1.54) is 18.2 Å². The van der Waals surface area contributed by atoms with Crippen LogP contribution in [0.15, 0.2) is 18.2 Å². The second kappa shape index (κ2) is 5.58. The van der Waals surface area contributed by atoms with Crippen molar-refractivity contribution in [2.24, 2.45) is 5.73 Å².